The van der Waals surface area contributed by atoms with Gasteiger partial charge in [-0.3, -0.25) is 0 Å². The summed E-state index contributed by atoms with van der Waals surface area (Å²) >= 11 is 0. The summed E-state index contributed by atoms with van der Waals surface area (Å²) in [6.45, 7) is 8.31. The predicted octanol–water partition coefficient (Wildman–Crippen LogP) is 3.38. The molecule has 0 N–H and O–H groups in total. The molecule has 1 unspecified atom stereocenters. The van der Waals surface area contributed by atoms with E-state index < -0.39 is 0 Å². The second-order valence-corrected chi connectivity index (χ2v) is 3.05. The van der Waals surface area contributed by atoms with E-state index in [2.05, 4.69) is 45.0 Å². The molecule has 0 aliphatic heterocycles. The van der Waals surface area contributed by atoms with Gasteiger partial charge in [0.05, 0.1) is 0 Å². The topological polar surface area (TPSA) is 0 Å². The number of rotatable bonds is 2. The van der Waals surface area contributed by atoms with Crippen molar-refractivity contribution in [2.45, 2.75) is 26.2 Å². The van der Waals surface area contributed by atoms with Gasteiger partial charge in [0.2, 0.25) is 0 Å². The first-order valence-electron chi connectivity index (χ1n) is 4.16. The lowest BCUT2D eigenvalue weighted by Gasteiger charge is -2.05. The molecule has 0 nitrogen and oxygen atoms in total. The molecule has 0 spiro atoms. The monoisotopic (exact) mass is 147 g/mol. The van der Waals surface area contributed by atoms with E-state index in [0.29, 0.717) is 5.92 Å². The fourth-order valence-electron chi connectivity index (χ4n) is 1.08. The normalized spacial score (nSPS) is 12.9. The van der Waals surface area contributed by atoms with E-state index in [1.54, 1.807) is 0 Å². The van der Waals surface area contributed by atoms with Crippen molar-refractivity contribution in [2.24, 2.45) is 0 Å². The van der Waals surface area contributed by atoms with Gasteiger partial charge in [-0.1, -0.05) is 13.8 Å². The fraction of sp³-hybridized carbons (Fsp3) is 0.364. The molecule has 0 amide bonds. The van der Waals surface area contributed by atoms with Gasteiger partial charge in [-0.15, -0.1) is 0 Å². The van der Waals surface area contributed by atoms with E-state index in [9.17, 15) is 0 Å². The Morgan fingerprint density at radius 2 is 1.82 bits per heavy atom. The zero-order chi connectivity index (χ0) is 8.27. The highest BCUT2D eigenvalue weighted by molar-refractivity contribution is 5.26. The van der Waals surface area contributed by atoms with Crippen molar-refractivity contribution in [3.63, 3.8) is 0 Å². The summed E-state index contributed by atoms with van der Waals surface area (Å²) in [6, 6.07) is 8.47. The number of hydrogen-bond acceptors (Lipinski definition) is 0. The maximum Gasteiger partial charge on any atom is 0.126 e. The molecule has 1 atom stereocenters. The quantitative estimate of drug-likeness (QED) is 0.562. The first kappa shape index (κ1) is 8.19. The Morgan fingerprint density at radius 3 is 2.27 bits per heavy atom. The van der Waals surface area contributed by atoms with Crippen LogP contribution in [0.4, 0.5) is 0 Å². The minimum atomic E-state index is 0.676. The van der Waals surface area contributed by atoms with Gasteiger partial charge < -0.3 is 0 Å². The van der Waals surface area contributed by atoms with Gasteiger partial charge in [0.25, 0.3) is 0 Å². The Hall–Kier alpha value is -0.910. The highest BCUT2D eigenvalue weighted by atomic mass is 14.0. The molecule has 0 bridgehead atoms. The first-order valence-corrected chi connectivity index (χ1v) is 4.16. The Morgan fingerprint density at radius 1 is 1.27 bits per heavy atom. The van der Waals surface area contributed by atoms with Crippen molar-refractivity contribution in [3.8, 4) is 0 Å². The lowest BCUT2D eigenvalue weighted by molar-refractivity contribution is 0.733. The predicted molar refractivity (Wildman–Crippen MR) is 49.6 cm³/mol. The van der Waals surface area contributed by atoms with E-state index in [1.165, 1.54) is 12.0 Å². The van der Waals surface area contributed by atoms with Crippen molar-refractivity contribution in [2.75, 3.05) is 0 Å². The van der Waals surface area contributed by atoms with E-state index in [-0.39, 0.29) is 0 Å². The molecule has 1 rings (SSSR count). The number of benzene rings is 1. The molecule has 0 radical (unpaired) electrons. The van der Waals surface area contributed by atoms with Crippen molar-refractivity contribution in [3.05, 3.63) is 42.3 Å². The van der Waals surface area contributed by atoms with E-state index >= 15 is 0 Å². The maximum atomic E-state index is 3.85. The molecule has 0 saturated carbocycles. The summed E-state index contributed by atoms with van der Waals surface area (Å²) < 4.78 is 0. The van der Waals surface area contributed by atoms with Crippen LogP contribution in [0.3, 0.4) is 0 Å². The molecule has 1 aromatic carbocycles. The minimum absolute atomic E-state index is 0.676. The summed E-state index contributed by atoms with van der Waals surface area (Å²) in [5.41, 5.74) is 2.51. The highest BCUT2D eigenvalue weighted by Gasteiger charge is 2.03. The summed E-state index contributed by atoms with van der Waals surface area (Å²) in [4.78, 5) is 0. The molecule has 0 saturated heterocycles. The first-order chi connectivity index (χ1) is 5.24. The summed E-state index contributed by atoms with van der Waals surface area (Å²) in [5.74, 6) is 0.676. The highest BCUT2D eigenvalue weighted by Crippen LogP contribution is 2.18. The van der Waals surface area contributed by atoms with Crippen LogP contribution in [0, 0.1) is 6.92 Å². The Bertz CT molecular complexity index is 208. The molecule has 0 fully saturated rings. The van der Waals surface area contributed by atoms with Crippen molar-refractivity contribution < 1.29 is 0 Å². The molecule has 0 aliphatic carbocycles. The molecular weight excluding hydrogens is 132 g/mol. The van der Waals surface area contributed by atoms with Gasteiger partial charge >= 0.3 is 0 Å². The average Bonchev–Trinajstić information content (AvgIpc) is 2.05. The van der Waals surface area contributed by atoms with Crippen LogP contribution < -0.4 is 0 Å². The average molecular weight is 147 g/mol. The lowest BCUT2D eigenvalue weighted by Crippen LogP contribution is -1.89. The van der Waals surface area contributed by atoms with Crippen molar-refractivity contribution >= 4 is 0 Å². The Labute approximate surface area is 69.3 Å². The van der Waals surface area contributed by atoms with Gasteiger partial charge in [-0.2, -0.15) is 0 Å². The molecular formula is C11H15+. The van der Waals surface area contributed by atoms with Crippen LogP contribution in [-0.4, -0.2) is 0 Å². The lowest BCUT2D eigenvalue weighted by atomic mass is 9.98. The Kier molecular flexibility index (Phi) is 2.58. The van der Waals surface area contributed by atoms with Crippen LogP contribution in [0.5, 0.6) is 0 Å². The summed E-state index contributed by atoms with van der Waals surface area (Å²) in [5, 5.41) is 0. The van der Waals surface area contributed by atoms with Gasteiger partial charge in [0.15, 0.2) is 0 Å². The second kappa shape index (κ2) is 3.47. The number of hydrogen-bond donors (Lipinski definition) is 0. The molecule has 58 valence electrons. The van der Waals surface area contributed by atoms with Crippen LogP contribution in [0.1, 0.15) is 37.3 Å². The summed E-state index contributed by atoms with van der Waals surface area (Å²) in [6.07, 6.45) is 1.20. The second-order valence-electron chi connectivity index (χ2n) is 3.05. The molecule has 0 heteroatoms. The third-order valence-electron chi connectivity index (χ3n) is 2.16. The van der Waals surface area contributed by atoms with Gasteiger partial charge in [-0.05, 0) is 30.0 Å². The van der Waals surface area contributed by atoms with E-state index in [1.807, 2.05) is 0 Å². The smallest absolute Gasteiger partial charge is 0.0648 e. The Balaban J connectivity index is 2.81. The molecule has 11 heavy (non-hydrogen) atoms. The van der Waals surface area contributed by atoms with E-state index in [4.69, 9.17) is 0 Å². The third kappa shape index (κ3) is 2.01. The zero-order valence-electron chi connectivity index (χ0n) is 7.30. The summed E-state index contributed by atoms with van der Waals surface area (Å²) in [7, 11) is 0. The van der Waals surface area contributed by atoms with Gasteiger partial charge in [-0.25, -0.2) is 0 Å². The fourth-order valence-corrected chi connectivity index (χ4v) is 1.08. The molecule has 1 aromatic rings. The maximum absolute atomic E-state index is 3.85. The standard InChI is InChI=1S/C11H15/c1-4-10(3)11-7-5-9(2)6-8-11/h5-8,10H,2,4H2,1,3H3/q+1. The minimum Gasteiger partial charge on any atom is -0.0648 e. The molecule has 0 heterocycles. The third-order valence-corrected chi connectivity index (χ3v) is 2.16. The SMILES string of the molecule is [CH2+]c1ccc(C(C)CC)cc1. The van der Waals surface area contributed by atoms with Gasteiger partial charge in [0.1, 0.15) is 5.56 Å². The zero-order valence-corrected chi connectivity index (χ0v) is 7.30. The van der Waals surface area contributed by atoms with Crippen LogP contribution in [-0.2, 0) is 0 Å². The van der Waals surface area contributed by atoms with Crippen LogP contribution >= 0.6 is 0 Å². The van der Waals surface area contributed by atoms with Crippen molar-refractivity contribution in [1.82, 2.24) is 0 Å². The molecule has 0 aliphatic rings. The van der Waals surface area contributed by atoms with Crippen LogP contribution in [0.2, 0.25) is 0 Å². The largest absolute Gasteiger partial charge is 0.126 e. The van der Waals surface area contributed by atoms with Gasteiger partial charge in [0, 0.05) is 19.1 Å². The van der Waals surface area contributed by atoms with E-state index in [0.717, 1.165) is 5.56 Å². The van der Waals surface area contributed by atoms with Crippen molar-refractivity contribution in [1.29, 1.82) is 0 Å². The molecule has 0 aromatic heterocycles. The van der Waals surface area contributed by atoms with Crippen LogP contribution in [0.25, 0.3) is 0 Å². The van der Waals surface area contributed by atoms with Crippen LogP contribution in [0.15, 0.2) is 24.3 Å².